The Kier molecular flexibility index (Phi) is 6.59. The van der Waals surface area contributed by atoms with Crippen LogP contribution in [0.5, 0.6) is 0 Å². The first kappa shape index (κ1) is 17.9. The first-order valence-corrected chi connectivity index (χ1v) is 8.73. The van der Waals surface area contributed by atoms with Gasteiger partial charge in [-0.3, -0.25) is 14.5 Å². The van der Waals surface area contributed by atoms with E-state index >= 15 is 0 Å². The van der Waals surface area contributed by atoms with Gasteiger partial charge < -0.3 is 10.4 Å². The minimum atomic E-state index is -0.745. The molecule has 1 saturated heterocycles. The van der Waals surface area contributed by atoms with Crippen LogP contribution in [0.15, 0.2) is 22.7 Å². The number of carbonyl (C=O) groups excluding carboxylic acids is 1. The summed E-state index contributed by atoms with van der Waals surface area (Å²) in [4.78, 5) is 25.0. The Labute approximate surface area is 145 Å². The number of carboxylic acid groups (broad SMARTS) is 1. The lowest BCUT2D eigenvalue weighted by molar-refractivity contribution is -0.137. The van der Waals surface area contributed by atoms with Crippen LogP contribution >= 0.6 is 15.9 Å². The number of halogens is 1. The number of carbonyl (C=O) groups is 2. The lowest BCUT2D eigenvalue weighted by Crippen LogP contribution is -2.40. The fourth-order valence-electron chi connectivity index (χ4n) is 2.98. The van der Waals surface area contributed by atoms with Crippen LogP contribution in [0.1, 0.15) is 31.2 Å². The van der Waals surface area contributed by atoms with E-state index in [0.717, 1.165) is 41.7 Å². The zero-order valence-corrected chi connectivity index (χ0v) is 14.9. The molecular formula is C17H23BrN2O3. The van der Waals surface area contributed by atoms with Crippen molar-refractivity contribution in [3.05, 3.63) is 28.2 Å². The number of carboxylic acids is 1. The molecule has 0 aromatic heterocycles. The number of hydrogen-bond acceptors (Lipinski definition) is 3. The predicted octanol–water partition coefficient (Wildman–Crippen LogP) is 3.27. The normalized spacial score (nSPS) is 18.6. The second kappa shape index (κ2) is 8.45. The Morgan fingerprint density at radius 1 is 1.43 bits per heavy atom. The highest BCUT2D eigenvalue weighted by Gasteiger charge is 2.22. The van der Waals surface area contributed by atoms with Gasteiger partial charge in [-0.15, -0.1) is 0 Å². The fourth-order valence-corrected chi connectivity index (χ4v) is 3.23. The van der Waals surface area contributed by atoms with Crippen molar-refractivity contribution in [2.24, 2.45) is 5.92 Å². The summed E-state index contributed by atoms with van der Waals surface area (Å²) in [7, 11) is 0. The molecule has 1 aromatic rings. The number of aryl methyl sites for hydroxylation is 1. The van der Waals surface area contributed by atoms with Gasteiger partial charge >= 0.3 is 5.97 Å². The Morgan fingerprint density at radius 3 is 2.91 bits per heavy atom. The van der Waals surface area contributed by atoms with Crippen molar-refractivity contribution < 1.29 is 14.7 Å². The standard InChI is InChI=1S/C17H23BrN2O3/c1-12-9-14(5-6-15(12)18)19-16(21)11-20-8-2-3-13(10-20)4-7-17(22)23/h5-6,9,13H,2-4,7-8,10-11H2,1H3,(H,19,21)(H,22,23). The number of nitrogens with zero attached hydrogens (tertiary/aromatic N) is 1. The van der Waals surface area contributed by atoms with Crippen molar-refractivity contribution in [2.75, 3.05) is 25.0 Å². The van der Waals surface area contributed by atoms with Gasteiger partial charge in [0.15, 0.2) is 0 Å². The molecule has 1 heterocycles. The summed E-state index contributed by atoms with van der Waals surface area (Å²) >= 11 is 3.44. The molecule has 1 atom stereocenters. The summed E-state index contributed by atoms with van der Waals surface area (Å²) in [5, 5.41) is 11.7. The number of aliphatic carboxylic acids is 1. The molecule has 1 aromatic carbocycles. The monoisotopic (exact) mass is 382 g/mol. The molecule has 0 bridgehead atoms. The highest BCUT2D eigenvalue weighted by Crippen LogP contribution is 2.22. The van der Waals surface area contributed by atoms with Crippen molar-refractivity contribution >= 4 is 33.5 Å². The Bertz CT molecular complexity index is 577. The summed E-state index contributed by atoms with van der Waals surface area (Å²) in [5.74, 6) is -0.390. The van der Waals surface area contributed by atoms with E-state index in [-0.39, 0.29) is 12.3 Å². The first-order valence-electron chi connectivity index (χ1n) is 7.94. The van der Waals surface area contributed by atoms with Crippen LogP contribution in [0.3, 0.4) is 0 Å². The van der Waals surface area contributed by atoms with E-state index in [0.29, 0.717) is 18.9 Å². The predicted molar refractivity (Wildman–Crippen MR) is 93.5 cm³/mol. The molecule has 0 spiro atoms. The molecule has 0 aliphatic carbocycles. The van der Waals surface area contributed by atoms with Crippen LogP contribution in [0, 0.1) is 12.8 Å². The smallest absolute Gasteiger partial charge is 0.303 e. The van der Waals surface area contributed by atoms with E-state index in [1.807, 2.05) is 25.1 Å². The summed E-state index contributed by atoms with van der Waals surface area (Å²) < 4.78 is 1.02. The van der Waals surface area contributed by atoms with Gasteiger partial charge in [-0.2, -0.15) is 0 Å². The van der Waals surface area contributed by atoms with Gasteiger partial charge in [-0.25, -0.2) is 0 Å². The number of rotatable bonds is 6. The Morgan fingerprint density at radius 2 is 2.22 bits per heavy atom. The zero-order valence-electron chi connectivity index (χ0n) is 13.3. The van der Waals surface area contributed by atoms with Crippen LogP contribution in [0.25, 0.3) is 0 Å². The number of anilines is 1. The zero-order chi connectivity index (χ0) is 16.8. The van der Waals surface area contributed by atoms with Crippen LogP contribution in [-0.4, -0.2) is 41.5 Å². The quantitative estimate of drug-likeness (QED) is 0.791. The maximum absolute atomic E-state index is 12.2. The Balaban J connectivity index is 1.82. The van der Waals surface area contributed by atoms with Gasteiger partial charge in [0.2, 0.25) is 5.91 Å². The largest absolute Gasteiger partial charge is 0.481 e. The van der Waals surface area contributed by atoms with Crippen molar-refractivity contribution in [1.82, 2.24) is 4.90 Å². The fraction of sp³-hybridized carbons (Fsp3) is 0.529. The third kappa shape index (κ3) is 5.95. The topological polar surface area (TPSA) is 69.6 Å². The minimum Gasteiger partial charge on any atom is -0.481 e. The molecule has 2 rings (SSSR count). The molecule has 5 nitrogen and oxygen atoms in total. The van der Waals surface area contributed by atoms with E-state index in [9.17, 15) is 9.59 Å². The highest BCUT2D eigenvalue weighted by molar-refractivity contribution is 9.10. The molecule has 6 heteroatoms. The molecule has 1 amide bonds. The number of piperidine rings is 1. The maximum Gasteiger partial charge on any atom is 0.303 e. The van der Waals surface area contributed by atoms with Crippen molar-refractivity contribution in [3.63, 3.8) is 0 Å². The molecular weight excluding hydrogens is 360 g/mol. The summed E-state index contributed by atoms with van der Waals surface area (Å²) in [6.45, 7) is 4.05. The third-order valence-corrected chi connectivity index (χ3v) is 5.07. The Hall–Kier alpha value is -1.40. The molecule has 1 fully saturated rings. The SMILES string of the molecule is Cc1cc(NC(=O)CN2CCCC(CCC(=O)O)C2)ccc1Br. The maximum atomic E-state index is 12.2. The van der Waals surface area contributed by atoms with Crippen molar-refractivity contribution in [3.8, 4) is 0 Å². The number of amides is 1. The number of benzene rings is 1. The van der Waals surface area contributed by atoms with E-state index in [2.05, 4.69) is 26.1 Å². The molecule has 1 unspecified atom stereocenters. The average molecular weight is 383 g/mol. The van der Waals surface area contributed by atoms with E-state index < -0.39 is 5.97 Å². The van der Waals surface area contributed by atoms with Crippen LogP contribution < -0.4 is 5.32 Å². The van der Waals surface area contributed by atoms with Crippen molar-refractivity contribution in [1.29, 1.82) is 0 Å². The molecule has 0 radical (unpaired) electrons. The second-order valence-corrected chi connectivity index (χ2v) is 7.04. The van der Waals surface area contributed by atoms with E-state index in [1.165, 1.54) is 0 Å². The van der Waals surface area contributed by atoms with Gasteiger partial charge in [0.25, 0.3) is 0 Å². The highest BCUT2D eigenvalue weighted by atomic mass is 79.9. The second-order valence-electron chi connectivity index (χ2n) is 6.19. The molecule has 126 valence electrons. The summed E-state index contributed by atoms with van der Waals surface area (Å²) in [6, 6.07) is 5.74. The van der Waals surface area contributed by atoms with Crippen molar-refractivity contribution in [2.45, 2.75) is 32.6 Å². The molecule has 0 saturated carbocycles. The molecule has 1 aliphatic heterocycles. The van der Waals surface area contributed by atoms with Crippen LogP contribution in [0.2, 0.25) is 0 Å². The van der Waals surface area contributed by atoms with Gasteiger partial charge in [-0.05, 0) is 62.4 Å². The minimum absolute atomic E-state index is 0.0226. The van der Waals surface area contributed by atoms with E-state index in [1.54, 1.807) is 0 Å². The third-order valence-electron chi connectivity index (χ3n) is 4.18. The summed E-state index contributed by atoms with van der Waals surface area (Å²) in [5.41, 5.74) is 1.88. The number of likely N-dealkylation sites (tertiary alicyclic amines) is 1. The van der Waals surface area contributed by atoms with E-state index in [4.69, 9.17) is 5.11 Å². The van der Waals surface area contributed by atoms with Gasteiger partial charge in [0.1, 0.15) is 0 Å². The van der Waals surface area contributed by atoms with Crippen LogP contribution in [-0.2, 0) is 9.59 Å². The van der Waals surface area contributed by atoms with Gasteiger partial charge in [0, 0.05) is 23.1 Å². The molecule has 2 N–H and O–H groups in total. The van der Waals surface area contributed by atoms with Crippen LogP contribution in [0.4, 0.5) is 5.69 Å². The number of hydrogen-bond donors (Lipinski definition) is 2. The summed E-state index contributed by atoms with van der Waals surface area (Å²) in [6.07, 6.45) is 2.98. The van der Waals surface area contributed by atoms with Gasteiger partial charge in [-0.1, -0.05) is 15.9 Å². The molecule has 1 aliphatic rings. The number of nitrogens with one attached hydrogen (secondary N) is 1. The lowest BCUT2D eigenvalue weighted by Gasteiger charge is -2.32. The molecule has 23 heavy (non-hydrogen) atoms. The average Bonchev–Trinajstić information content (AvgIpc) is 2.49. The first-order chi connectivity index (χ1) is 10.9. The van der Waals surface area contributed by atoms with Gasteiger partial charge in [0.05, 0.1) is 6.54 Å². The lowest BCUT2D eigenvalue weighted by atomic mass is 9.93.